The zero-order valence-corrected chi connectivity index (χ0v) is 19.6. The second-order valence-electron chi connectivity index (χ2n) is 6.52. The Kier molecular flexibility index (Phi) is 7.70. The fourth-order valence-electron chi connectivity index (χ4n) is 2.94. The van der Waals surface area contributed by atoms with Gasteiger partial charge in [0.2, 0.25) is 5.91 Å². The largest absolute Gasteiger partial charge is 0.465 e. The Morgan fingerprint density at radius 3 is 2.59 bits per heavy atom. The number of anilines is 1. The minimum Gasteiger partial charge on any atom is -0.465 e. The van der Waals surface area contributed by atoms with E-state index in [1.165, 1.54) is 26.0 Å². The number of nitrogens with zero attached hydrogens (tertiary/aromatic N) is 3. The smallest absolute Gasteiger partial charge is 0.348 e. The zero-order chi connectivity index (χ0) is 23.3. The lowest BCUT2D eigenvalue weighted by Gasteiger charge is -2.08. The number of ether oxygens (including phenoxy) is 2. The summed E-state index contributed by atoms with van der Waals surface area (Å²) in [5.74, 6) is -0.416. The fraction of sp³-hybridized carbons (Fsp3) is 0.350. The van der Waals surface area contributed by atoms with Crippen molar-refractivity contribution < 1.29 is 28.3 Å². The second kappa shape index (κ2) is 10.5. The van der Waals surface area contributed by atoms with Gasteiger partial charge in [-0.1, -0.05) is 18.7 Å². The summed E-state index contributed by atoms with van der Waals surface area (Å²) in [7, 11) is 2.48. The summed E-state index contributed by atoms with van der Waals surface area (Å²) in [6, 6.07) is 3.56. The molecule has 0 saturated heterocycles. The molecule has 0 bridgehead atoms. The van der Waals surface area contributed by atoms with Gasteiger partial charge in [0.05, 0.1) is 31.8 Å². The average molecular weight is 479 g/mol. The quantitative estimate of drug-likeness (QED) is 0.362. The molecule has 3 aromatic heterocycles. The van der Waals surface area contributed by atoms with E-state index in [9.17, 15) is 14.4 Å². The number of hydrogen-bond donors (Lipinski definition) is 1. The molecule has 0 spiro atoms. The molecule has 0 aliphatic rings. The van der Waals surface area contributed by atoms with E-state index in [4.69, 9.17) is 13.9 Å². The van der Waals surface area contributed by atoms with Gasteiger partial charge in [-0.3, -0.25) is 9.36 Å². The summed E-state index contributed by atoms with van der Waals surface area (Å²) in [5, 5.41) is 11.9. The van der Waals surface area contributed by atoms with Crippen molar-refractivity contribution in [2.45, 2.75) is 32.0 Å². The normalized spacial score (nSPS) is 10.8. The lowest BCUT2D eigenvalue weighted by molar-refractivity contribution is -0.113. The summed E-state index contributed by atoms with van der Waals surface area (Å²) < 4.78 is 16.9. The predicted octanol–water partition coefficient (Wildman–Crippen LogP) is 3.62. The Hall–Kier alpha value is -3.12. The first-order valence-corrected chi connectivity index (χ1v) is 11.4. The first-order valence-electron chi connectivity index (χ1n) is 9.60. The molecular formula is C20H22N4O6S2. The van der Waals surface area contributed by atoms with Crippen LogP contribution in [0.1, 0.15) is 38.9 Å². The van der Waals surface area contributed by atoms with Gasteiger partial charge in [-0.05, 0) is 31.0 Å². The van der Waals surface area contributed by atoms with Crippen LogP contribution in [0, 0.1) is 6.92 Å². The van der Waals surface area contributed by atoms with Gasteiger partial charge in [0.1, 0.15) is 9.88 Å². The minimum absolute atomic E-state index is 0.0190. The van der Waals surface area contributed by atoms with Crippen molar-refractivity contribution in [3.05, 3.63) is 34.4 Å². The molecule has 10 nitrogen and oxygen atoms in total. The van der Waals surface area contributed by atoms with Crippen molar-refractivity contribution >= 4 is 45.9 Å². The fourth-order valence-corrected chi connectivity index (χ4v) is 4.83. The highest BCUT2D eigenvalue weighted by Crippen LogP contribution is 2.34. The lowest BCUT2D eigenvalue weighted by atomic mass is 10.1. The molecule has 3 aromatic rings. The van der Waals surface area contributed by atoms with E-state index in [2.05, 4.69) is 15.5 Å². The van der Waals surface area contributed by atoms with Crippen molar-refractivity contribution in [2.75, 3.05) is 25.3 Å². The third kappa shape index (κ3) is 4.86. The van der Waals surface area contributed by atoms with E-state index in [-0.39, 0.29) is 27.1 Å². The number of methoxy groups -OCH3 is 2. The molecule has 0 radical (unpaired) electrons. The van der Waals surface area contributed by atoms with E-state index in [0.717, 1.165) is 17.8 Å². The number of hydrogen-bond acceptors (Lipinski definition) is 10. The van der Waals surface area contributed by atoms with Crippen LogP contribution in [-0.4, -0.2) is 52.6 Å². The predicted molar refractivity (Wildman–Crippen MR) is 119 cm³/mol. The molecular weight excluding hydrogens is 456 g/mol. The molecule has 3 rings (SSSR count). The van der Waals surface area contributed by atoms with Crippen LogP contribution in [-0.2, 0) is 20.8 Å². The SMILES string of the molecule is CCCn1c(SCC(=O)Nc2sc(C(=O)OC)c(C)c2C(=O)OC)nnc1-c1ccco1. The monoisotopic (exact) mass is 478 g/mol. The van der Waals surface area contributed by atoms with Gasteiger partial charge in [-0.25, -0.2) is 9.59 Å². The van der Waals surface area contributed by atoms with Gasteiger partial charge in [0.15, 0.2) is 16.7 Å². The van der Waals surface area contributed by atoms with Gasteiger partial charge < -0.3 is 19.2 Å². The number of amides is 1. The zero-order valence-electron chi connectivity index (χ0n) is 18.0. The lowest BCUT2D eigenvalue weighted by Crippen LogP contribution is -2.16. The van der Waals surface area contributed by atoms with E-state index >= 15 is 0 Å². The number of carbonyl (C=O) groups excluding carboxylic acids is 3. The van der Waals surface area contributed by atoms with Gasteiger partial charge in [-0.15, -0.1) is 21.5 Å². The first-order chi connectivity index (χ1) is 15.4. The third-order valence-corrected chi connectivity index (χ3v) is 6.55. The molecule has 0 aliphatic carbocycles. The summed E-state index contributed by atoms with van der Waals surface area (Å²) in [6.07, 6.45) is 2.41. The molecule has 12 heteroatoms. The number of furan rings is 1. The van der Waals surface area contributed by atoms with Crippen molar-refractivity contribution in [1.29, 1.82) is 0 Å². The van der Waals surface area contributed by atoms with Crippen LogP contribution in [0.5, 0.6) is 0 Å². The van der Waals surface area contributed by atoms with Crippen LogP contribution in [0.4, 0.5) is 5.00 Å². The topological polar surface area (TPSA) is 126 Å². The molecule has 0 atom stereocenters. The molecule has 0 fully saturated rings. The molecule has 170 valence electrons. The first kappa shape index (κ1) is 23.5. The second-order valence-corrected chi connectivity index (χ2v) is 8.48. The Labute approximate surface area is 192 Å². The summed E-state index contributed by atoms with van der Waals surface area (Å²) in [4.78, 5) is 37.1. The maximum Gasteiger partial charge on any atom is 0.348 e. The number of esters is 2. The Balaban J connectivity index is 1.77. The molecule has 0 aliphatic heterocycles. The van der Waals surface area contributed by atoms with Crippen LogP contribution in [0.2, 0.25) is 0 Å². The molecule has 32 heavy (non-hydrogen) atoms. The number of thioether (sulfide) groups is 1. The van der Waals surface area contributed by atoms with Crippen LogP contribution < -0.4 is 5.32 Å². The number of rotatable bonds is 9. The van der Waals surface area contributed by atoms with Crippen molar-refractivity contribution in [1.82, 2.24) is 14.8 Å². The van der Waals surface area contributed by atoms with E-state index in [1.54, 1.807) is 25.3 Å². The Morgan fingerprint density at radius 1 is 1.22 bits per heavy atom. The van der Waals surface area contributed by atoms with Gasteiger partial charge >= 0.3 is 11.9 Å². The molecule has 1 amide bonds. The highest BCUT2D eigenvalue weighted by molar-refractivity contribution is 7.99. The summed E-state index contributed by atoms with van der Waals surface area (Å²) in [6.45, 7) is 4.29. The molecule has 3 heterocycles. The van der Waals surface area contributed by atoms with Gasteiger partial charge in [-0.2, -0.15) is 0 Å². The minimum atomic E-state index is -0.650. The highest BCUT2D eigenvalue weighted by atomic mass is 32.2. The molecule has 1 N–H and O–H groups in total. The molecule has 0 aromatic carbocycles. The summed E-state index contributed by atoms with van der Waals surface area (Å²) >= 11 is 2.17. The Morgan fingerprint density at radius 2 is 1.97 bits per heavy atom. The van der Waals surface area contributed by atoms with Crippen LogP contribution in [0.3, 0.4) is 0 Å². The number of thiophene rings is 1. The molecule has 0 unspecified atom stereocenters. The third-order valence-electron chi connectivity index (χ3n) is 4.40. The number of carbonyl (C=O) groups is 3. The van der Waals surface area contributed by atoms with Crippen molar-refractivity contribution in [3.63, 3.8) is 0 Å². The van der Waals surface area contributed by atoms with Crippen LogP contribution in [0.25, 0.3) is 11.6 Å². The van der Waals surface area contributed by atoms with E-state index < -0.39 is 11.9 Å². The average Bonchev–Trinajstić information content (AvgIpc) is 3.51. The van der Waals surface area contributed by atoms with Gasteiger partial charge in [0, 0.05) is 6.54 Å². The number of aromatic nitrogens is 3. The number of nitrogens with one attached hydrogen (secondary N) is 1. The van der Waals surface area contributed by atoms with Crippen LogP contribution >= 0.6 is 23.1 Å². The van der Waals surface area contributed by atoms with E-state index in [1.807, 2.05) is 11.5 Å². The standard InChI is InChI=1S/C20H22N4O6S2/c1-5-8-24-16(12-7-6-9-30-12)22-23-20(24)31-10-13(25)21-17-14(18(26)28-3)11(2)15(32-17)19(27)29-4/h6-7,9H,5,8,10H2,1-4H3,(H,21,25). The van der Waals surface area contributed by atoms with Crippen molar-refractivity contribution in [2.24, 2.45) is 0 Å². The maximum absolute atomic E-state index is 12.6. The highest BCUT2D eigenvalue weighted by Gasteiger charge is 2.27. The van der Waals surface area contributed by atoms with Gasteiger partial charge in [0.25, 0.3) is 0 Å². The summed E-state index contributed by atoms with van der Waals surface area (Å²) in [5.41, 5.74) is 0.521. The van der Waals surface area contributed by atoms with Crippen LogP contribution in [0.15, 0.2) is 28.0 Å². The maximum atomic E-state index is 12.6. The van der Waals surface area contributed by atoms with E-state index in [0.29, 0.717) is 28.8 Å². The Bertz CT molecular complexity index is 1120. The van der Waals surface area contributed by atoms with Crippen molar-refractivity contribution in [3.8, 4) is 11.6 Å². The molecule has 0 saturated carbocycles.